The van der Waals surface area contributed by atoms with Crippen molar-refractivity contribution < 1.29 is 0 Å². The molecule has 2 fully saturated rings. The van der Waals surface area contributed by atoms with Crippen LogP contribution >= 0.6 is 30.1 Å². The summed E-state index contributed by atoms with van der Waals surface area (Å²) in [6.07, 6.45) is 3.11. The molecule has 3 heterocycles. The molecule has 0 atom stereocenters. The van der Waals surface area contributed by atoms with Crippen LogP contribution in [0.25, 0.3) is 0 Å². The molecule has 5 heteroatoms. The lowest BCUT2D eigenvalue weighted by Crippen LogP contribution is -2.71. The number of hydrogen-bond acceptors (Lipinski definition) is 4. The van der Waals surface area contributed by atoms with Crippen molar-refractivity contribution in [2.24, 2.45) is 5.41 Å². The number of hydrogen-bond donors (Lipinski definition) is 1. The Morgan fingerprint density at radius 2 is 1.91 bits per heavy atom. The summed E-state index contributed by atoms with van der Waals surface area (Å²) in [4.78, 5) is 6.81. The van der Waals surface area contributed by atoms with Crippen LogP contribution < -0.4 is 10.2 Å². The third kappa shape index (κ3) is 6.52. The van der Waals surface area contributed by atoms with E-state index in [0.717, 1.165) is 24.5 Å². The molecule has 2 saturated heterocycles. The van der Waals surface area contributed by atoms with E-state index in [1.165, 1.54) is 28.4 Å². The topological polar surface area (TPSA) is 28.2 Å². The van der Waals surface area contributed by atoms with Crippen molar-refractivity contribution in [2.45, 2.75) is 41.5 Å². The van der Waals surface area contributed by atoms with Gasteiger partial charge in [-0.1, -0.05) is 47.5 Å². The van der Waals surface area contributed by atoms with E-state index in [-0.39, 0.29) is 7.43 Å². The Kier molecular flexibility index (Phi) is 11.8. The molecule has 1 spiro atoms. The highest BCUT2D eigenvalue weighted by Gasteiger charge is 2.47. The number of rotatable bonds is 1. The van der Waals surface area contributed by atoms with Crippen LogP contribution in [-0.2, 0) is 0 Å². The highest BCUT2D eigenvalue weighted by molar-refractivity contribution is 14.2. The molecule has 2 aliphatic rings. The van der Waals surface area contributed by atoms with E-state index in [2.05, 4.69) is 67.5 Å². The van der Waals surface area contributed by atoms with Gasteiger partial charge in [0.2, 0.25) is 0 Å². The monoisotopic (exact) mass is 447 g/mol. The second-order valence-corrected chi connectivity index (χ2v) is 7.06. The second-order valence-electron chi connectivity index (χ2n) is 5.38. The van der Waals surface area contributed by atoms with Crippen molar-refractivity contribution in [3.63, 3.8) is 0 Å². The van der Waals surface area contributed by atoms with Gasteiger partial charge in [0.1, 0.15) is 5.82 Å². The maximum absolute atomic E-state index is 4.47. The van der Waals surface area contributed by atoms with E-state index in [9.17, 15) is 0 Å². The molecular formula is C18H30IN3S. The smallest absolute Gasteiger partial charge is 0.128 e. The molecule has 130 valence electrons. The van der Waals surface area contributed by atoms with Gasteiger partial charge in [-0.2, -0.15) is 0 Å². The van der Waals surface area contributed by atoms with Gasteiger partial charge >= 0.3 is 0 Å². The largest absolute Gasteiger partial charge is 0.355 e. The third-order valence-electron chi connectivity index (χ3n) is 3.36. The Bertz CT molecular complexity index is 481. The molecule has 1 N–H and O–H groups in total. The molecular weight excluding hydrogens is 417 g/mol. The molecule has 0 aromatic carbocycles. The van der Waals surface area contributed by atoms with Crippen LogP contribution in [-0.4, -0.2) is 31.2 Å². The van der Waals surface area contributed by atoms with E-state index in [1.54, 1.807) is 0 Å². The normalized spacial score (nSPS) is 16.0. The summed E-state index contributed by atoms with van der Waals surface area (Å²) in [6, 6.07) is 4.12. The number of anilines is 1. The number of aromatic nitrogens is 1. The van der Waals surface area contributed by atoms with Crippen LogP contribution in [0.3, 0.4) is 0 Å². The van der Waals surface area contributed by atoms with Crippen LogP contribution in [0.1, 0.15) is 47.1 Å². The zero-order valence-corrected chi connectivity index (χ0v) is 16.9. The predicted octanol–water partition coefficient (Wildman–Crippen LogP) is 4.96. The van der Waals surface area contributed by atoms with Crippen LogP contribution in [0.15, 0.2) is 18.3 Å². The number of nitrogens with zero attached hydrogens (tertiary/aromatic N) is 2. The maximum Gasteiger partial charge on any atom is 0.128 e. The first-order valence-electron chi connectivity index (χ1n) is 7.93. The van der Waals surface area contributed by atoms with Crippen molar-refractivity contribution >= 4 is 36.0 Å². The van der Waals surface area contributed by atoms with Gasteiger partial charge < -0.3 is 10.2 Å². The Hall–Kier alpha value is -0.450. The third-order valence-corrected chi connectivity index (χ3v) is 4.20. The minimum absolute atomic E-state index is 0. The fraction of sp³-hybridized carbons (Fsp3) is 0.611. The Balaban J connectivity index is 0.000000729. The van der Waals surface area contributed by atoms with Crippen molar-refractivity contribution in [3.05, 3.63) is 23.9 Å². The van der Waals surface area contributed by atoms with Gasteiger partial charge in [-0.05, 0) is 26.3 Å². The average Bonchev–Trinajstić information content (AvgIpc) is 2.46. The minimum Gasteiger partial charge on any atom is -0.355 e. The summed E-state index contributed by atoms with van der Waals surface area (Å²) >= 11 is 2.17. The van der Waals surface area contributed by atoms with Crippen LogP contribution in [0, 0.1) is 16.6 Å². The molecule has 2 aliphatic heterocycles. The Morgan fingerprint density at radius 1 is 1.30 bits per heavy atom. The lowest BCUT2D eigenvalue weighted by Gasteiger charge is -2.56. The standard InChI is InChI=1S/C12H12IN3S.C3H8.C2H6.CH4/c13-17-4-3-10-1-2-11(15-5-10)16-8-12(9-16)6-14-7-12;1-3-2;1-2;/h1-2,5,14H,6-9H2;3H2,1-2H3;1-2H3;1H4. The molecule has 0 radical (unpaired) electrons. The first kappa shape index (κ1) is 22.6. The maximum atomic E-state index is 4.47. The minimum atomic E-state index is 0. The molecule has 1 aromatic rings. The number of halogens is 1. The highest BCUT2D eigenvalue weighted by atomic mass is 127. The van der Waals surface area contributed by atoms with Gasteiger partial charge in [-0.15, -0.1) is 0 Å². The van der Waals surface area contributed by atoms with E-state index in [0.29, 0.717) is 5.41 Å². The quantitative estimate of drug-likeness (QED) is 0.487. The molecule has 23 heavy (non-hydrogen) atoms. The van der Waals surface area contributed by atoms with Crippen molar-refractivity contribution in [1.29, 1.82) is 0 Å². The van der Waals surface area contributed by atoms with E-state index in [1.807, 2.05) is 26.1 Å². The Labute approximate surface area is 159 Å². The van der Waals surface area contributed by atoms with E-state index >= 15 is 0 Å². The fourth-order valence-corrected chi connectivity index (χ4v) is 2.84. The van der Waals surface area contributed by atoms with Gasteiger partial charge in [0, 0.05) is 64.6 Å². The number of nitrogens with one attached hydrogen (secondary N) is 1. The number of pyridine rings is 1. The molecule has 3 nitrogen and oxygen atoms in total. The lowest BCUT2D eigenvalue weighted by molar-refractivity contribution is 0.120. The first-order valence-corrected chi connectivity index (χ1v) is 11.3. The highest BCUT2D eigenvalue weighted by Crippen LogP contribution is 2.36. The van der Waals surface area contributed by atoms with Crippen LogP contribution in [0.2, 0.25) is 0 Å². The zero-order chi connectivity index (χ0) is 16.4. The molecule has 0 unspecified atom stereocenters. The van der Waals surface area contributed by atoms with Crippen molar-refractivity contribution in [3.8, 4) is 11.2 Å². The summed E-state index contributed by atoms with van der Waals surface area (Å²) in [5, 5.41) is 6.30. The van der Waals surface area contributed by atoms with Gasteiger partial charge in [0.15, 0.2) is 0 Å². The van der Waals surface area contributed by atoms with Gasteiger partial charge in [0.25, 0.3) is 0 Å². The van der Waals surface area contributed by atoms with E-state index < -0.39 is 0 Å². The SMILES string of the molecule is C.CC.CCC.ISC#Cc1ccc(N2CC3(CNC3)C2)nc1. The second kappa shape index (κ2) is 12.0. The van der Waals surface area contributed by atoms with Gasteiger partial charge in [-0.3, -0.25) is 0 Å². The van der Waals surface area contributed by atoms with Crippen molar-refractivity contribution in [2.75, 3.05) is 31.1 Å². The zero-order valence-electron chi connectivity index (χ0n) is 13.9. The van der Waals surface area contributed by atoms with Crippen LogP contribution in [0.5, 0.6) is 0 Å². The fourth-order valence-electron chi connectivity index (χ4n) is 2.35. The van der Waals surface area contributed by atoms with Crippen molar-refractivity contribution in [1.82, 2.24) is 10.3 Å². The molecule has 0 bridgehead atoms. The lowest BCUT2D eigenvalue weighted by atomic mass is 9.74. The summed E-state index contributed by atoms with van der Waals surface area (Å²) < 4.78 is 0. The van der Waals surface area contributed by atoms with Gasteiger partial charge in [0.05, 0.1) is 0 Å². The Morgan fingerprint density at radius 3 is 2.30 bits per heavy atom. The molecule has 3 rings (SSSR count). The summed E-state index contributed by atoms with van der Waals surface area (Å²) in [7, 11) is 1.50. The van der Waals surface area contributed by atoms with Crippen LogP contribution in [0.4, 0.5) is 5.82 Å². The molecule has 0 saturated carbocycles. The molecule has 0 amide bonds. The summed E-state index contributed by atoms with van der Waals surface area (Å²) in [5.74, 6) is 4.13. The van der Waals surface area contributed by atoms with E-state index in [4.69, 9.17) is 0 Å². The summed E-state index contributed by atoms with van der Waals surface area (Å²) in [5.41, 5.74) is 1.54. The first-order chi connectivity index (χ1) is 10.7. The molecule has 1 aromatic heterocycles. The average molecular weight is 447 g/mol. The predicted molar refractivity (Wildman–Crippen MR) is 114 cm³/mol. The molecule has 0 aliphatic carbocycles. The van der Waals surface area contributed by atoms with Gasteiger partial charge in [-0.25, -0.2) is 4.98 Å². The summed E-state index contributed by atoms with van der Waals surface area (Å²) in [6.45, 7) is 12.9.